The minimum Gasteiger partial charge on any atom is -0.496 e. The van der Waals surface area contributed by atoms with Crippen LogP contribution in [-0.2, 0) is 6.42 Å². The third-order valence-electron chi connectivity index (χ3n) is 4.84. The van der Waals surface area contributed by atoms with Crippen LogP contribution in [-0.4, -0.2) is 57.9 Å². The van der Waals surface area contributed by atoms with Crippen LogP contribution in [0.2, 0.25) is 0 Å². The monoisotopic (exact) mass is 523 g/mol. The van der Waals surface area contributed by atoms with Crippen molar-refractivity contribution >= 4 is 41.7 Å². The van der Waals surface area contributed by atoms with Gasteiger partial charge in [0.05, 0.1) is 21.3 Å². The van der Waals surface area contributed by atoms with Crippen molar-refractivity contribution in [3.8, 4) is 17.2 Å². The molecule has 1 aliphatic carbocycles. The van der Waals surface area contributed by atoms with Crippen molar-refractivity contribution in [2.75, 3.05) is 40.7 Å². The van der Waals surface area contributed by atoms with E-state index >= 15 is 0 Å². The Morgan fingerprint density at radius 3 is 2.36 bits per heavy atom. The van der Waals surface area contributed by atoms with E-state index in [0.29, 0.717) is 6.04 Å². The molecule has 0 spiro atoms. The molecule has 6 nitrogen and oxygen atoms in total. The first-order valence-corrected chi connectivity index (χ1v) is 10.6. The number of hydrogen-bond donors (Lipinski definition) is 2. The quantitative estimate of drug-likeness (QED) is 0.293. The second-order valence-corrected chi connectivity index (χ2v) is 8.07. The lowest BCUT2D eigenvalue weighted by Gasteiger charge is -2.19. The van der Waals surface area contributed by atoms with Crippen molar-refractivity contribution in [2.24, 2.45) is 4.99 Å². The maximum absolute atomic E-state index is 5.52. The summed E-state index contributed by atoms with van der Waals surface area (Å²) in [5, 5.41) is 7.75. The Morgan fingerprint density at radius 1 is 1.14 bits per heavy atom. The summed E-state index contributed by atoms with van der Waals surface area (Å²) in [4.78, 5) is 4.37. The molecule has 0 bridgehead atoms. The van der Waals surface area contributed by atoms with Crippen molar-refractivity contribution in [1.29, 1.82) is 0 Å². The highest BCUT2D eigenvalue weighted by Crippen LogP contribution is 2.34. The highest BCUT2D eigenvalue weighted by Gasteiger charge is 2.25. The molecule has 0 aliphatic heterocycles. The highest BCUT2D eigenvalue weighted by atomic mass is 127. The van der Waals surface area contributed by atoms with Gasteiger partial charge in [-0.3, -0.25) is 4.99 Å². The fraction of sp³-hybridized carbons (Fsp3) is 0.650. The zero-order valence-electron chi connectivity index (χ0n) is 17.5. The van der Waals surface area contributed by atoms with Gasteiger partial charge < -0.3 is 24.8 Å². The molecule has 160 valence electrons. The van der Waals surface area contributed by atoms with E-state index < -0.39 is 0 Å². The van der Waals surface area contributed by atoms with Gasteiger partial charge in [0, 0.05) is 42.6 Å². The topological polar surface area (TPSA) is 64.1 Å². The van der Waals surface area contributed by atoms with E-state index in [1.807, 2.05) is 19.2 Å². The van der Waals surface area contributed by atoms with Crippen LogP contribution in [0.25, 0.3) is 0 Å². The van der Waals surface area contributed by atoms with Crippen LogP contribution in [0.1, 0.15) is 31.7 Å². The number of guanidine groups is 1. The van der Waals surface area contributed by atoms with Crippen LogP contribution in [0.15, 0.2) is 17.1 Å². The van der Waals surface area contributed by atoms with Crippen molar-refractivity contribution < 1.29 is 14.2 Å². The number of benzene rings is 1. The molecule has 0 saturated heterocycles. The first kappa shape index (κ1) is 25.0. The van der Waals surface area contributed by atoms with Gasteiger partial charge in [-0.05, 0) is 31.4 Å². The molecule has 2 unspecified atom stereocenters. The fourth-order valence-corrected chi connectivity index (χ4v) is 4.62. The Morgan fingerprint density at radius 2 is 1.82 bits per heavy atom. The van der Waals surface area contributed by atoms with Gasteiger partial charge in [-0.1, -0.05) is 6.92 Å². The summed E-state index contributed by atoms with van der Waals surface area (Å²) < 4.78 is 16.3. The number of nitrogens with zero attached hydrogens (tertiary/aromatic N) is 1. The van der Waals surface area contributed by atoms with Crippen molar-refractivity contribution in [3.63, 3.8) is 0 Å². The molecule has 1 saturated carbocycles. The summed E-state index contributed by atoms with van der Waals surface area (Å²) in [5.74, 6) is 4.31. The normalized spacial score (nSPS) is 19.0. The van der Waals surface area contributed by atoms with E-state index in [1.54, 1.807) is 21.3 Å². The van der Waals surface area contributed by atoms with Crippen molar-refractivity contribution in [3.05, 3.63) is 17.7 Å². The lowest BCUT2D eigenvalue weighted by Crippen LogP contribution is -2.43. The first-order valence-electron chi connectivity index (χ1n) is 9.52. The van der Waals surface area contributed by atoms with Gasteiger partial charge in [0.2, 0.25) is 0 Å². The first-order chi connectivity index (χ1) is 13.1. The highest BCUT2D eigenvalue weighted by molar-refractivity contribution is 14.0. The Kier molecular flexibility index (Phi) is 11.8. The van der Waals surface area contributed by atoms with Gasteiger partial charge in [0.1, 0.15) is 17.2 Å². The van der Waals surface area contributed by atoms with Gasteiger partial charge in [-0.2, -0.15) is 11.8 Å². The van der Waals surface area contributed by atoms with E-state index in [-0.39, 0.29) is 24.0 Å². The van der Waals surface area contributed by atoms with E-state index in [1.165, 1.54) is 25.0 Å². The number of rotatable bonds is 9. The van der Waals surface area contributed by atoms with Crippen LogP contribution in [0.4, 0.5) is 0 Å². The molecular formula is C20H34IN3O3S. The summed E-state index contributed by atoms with van der Waals surface area (Å²) in [6.45, 7) is 2.96. The molecule has 1 aromatic rings. The van der Waals surface area contributed by atoms with Crippen molar-refractivity contribution in [2.45, 2.75) is 43.9 Å². The molecule has 1 aliphatic rings. The summed E-state index contributed by atoms with van der Waals surface area (Å²) in [6, 6.07) is 4.27. The minimum absolute atomic E-state index is 0. The SMILES string of the molecule is CCSC1CCC(NC(=NC)NCCc2c(OC)cc(OC)cc2OC)C1.I. The number of methoxy groups -OCH3 is 3. The minimum atomic E-state index is 0. The third-order valence-corrected chi connectivity index (χ3v) is 6.07. The second kappa shape index (κ2) is 13.2. The van der Waals surface area contributed by atoms with Gasteiger partial charge in [-0.15, -0.1) is 24.0 Å². The molecule has 0 amide bonds. The van der Waals surface area contributed by atoms with Gasteiger partial charge in [0.25, 0.3) is 0 Å². The predicted molar refractivity (Wildman–Crippen MR) is 129 cm³/mol. The summed E-state index contributed by atoms with van der Waals surface area (Å²) in [5.41, 5.74) is 1.02. The second-order valence-electron chi connectivity index (χ2n) is 6.49. The zero-order chi connectivity index (χ0) is 19.6. The molecule has 0 radical (unpaired) electrons. The number of ether oxygens (including phenoxy) is 3. The number of halogens is 1. The van der Waals surface area contributed by atoms with E-state index in [9.17, 15) is 0 Å². The zero-order valence-corrected chi connectivity index (χ0v) is 20.7. The number of hydrogen-bond acceptors (Lipinski definition) is 5. The number of thioether (sulfide) groups is 1. The smallest absolute Gasteiger partial charge is 0.191 e. The number of aliphatic imine (C=N–C) groups is 1. The number of nitrogens with one attached hydrogen (secondary N) is 2. The van der Waals surface area contributed by atoms with Gasteiger partial charge in [-0.25, -0.2) is 0 Å². The Hall–Kier alpha value is -1.03. The van der Waals surface area contributed by atoms with Crippen LogP contribution in [0.5, 0.6) is 17.2 Å². The molecule has 0 aromatic heterocycles. The molecular weight excluding hydrogens is 489 g/mol. The Bertz CT molecular complexity index is 606. The Balaban J connectivity index is 0.00000392. The van der Waals surface area contributed by atoms with Crippen LogP contribution in [0, 0.1) is 0 Å². The summed E-state index contributed by atoms with van der Waals surface area (Å²) in [6.07, 6.45) is 4.46. The molecule has 0 heterocycles. The van der Waals surface area contributed by atoms with Crippen molar-refractivity contribution in [1.82, 2.24) is 10.6 Å². The average molecular weight is 523 g/mol. The standard InChI is InChI=1S/C20H33N3O3S.HI/c1-6-27-16-8-7-14(11-16)23-20(21-2)22-10-9-17-18(25-4)12-15(24-3)13-19(17)26-5;/h12-14,16H,6-11H2,1-5H3,(H2,21,22,23);1H. The third kappa shape index (κ3) is 7.09. The summed E-state index contributed by atoms with van der Waals surface area (Å²) >= 11 is 2.07. The molecule has 1 fully saturated rings. The lowest BCUT2D eigenvalue weighted by molar-refractivity contribution is 0.368. The molecule has 2 N–H and O–H groups in total. The Labute approximate surface area is 190 Å². The molecule has 8 heteroatoms. The average Bonchev–Trinajstić information content (AvgIpc) is 3.14. The van der Waals surface area contributed by atoms with Gasteiger partial charge >= 0.3 is 0 Å². The predicted octanol–water partition coefficient (Wildman–Crippen LogP) is 3.71. The maximum atomic E-state index is 5.52. The lowest BCUT2D eigenvalue weighted by atomic mass is 10.1. The fourth-order valence-electron chi connectivity index (χ4n) is 3.48. The maximum Gasteiger partial charge on any atom is 0.191 e. The van der Waals surface area contributed by atoms with E-state index in [4.69, 9.17) is 14.2 Å². The largest absolute Gasteiger partial charge is 0.496 e. The van der Waals surface area contributed by atoms with Crippen LogP contribution in [0.3, 0.4) is 0 Å². The van der Waals surface area contributed by atoms with E-state index in [0.717, 1.165) is 47.0 Å². The molecule has 1 aromatic carbocycles. The van der Waals surface area contributed by atoms with Crippen LogP contribution >= 0.6 is 35.7 Å². The molecule has 28 heavy (non-hydrogen) atoms. The van der Waals surface area contributed by atoms with E-state index in [2.05, 4.69) is 34.3 Å². The molecule has 2 atom stereocenters. The van der Waals surface area contributed by atoms with Gasteiger partial charge in [0.15, 0.2) is 5.96 Å². The summed E-state index contributed by atoms with van der Waals surface area (Å²) in [7, 11) is 6.78. The molecule has 2 rings (SSSR count). The van der Waals surface area contributed by atoms with Crippen LogP contribution < -0.4 is 24.8 Å².